The molecule has 4 heteroatoms. The minimum atomic E-state index is 0.491. The van der Waals surface area contributed by atoms with E-state index in [1.807, 2.05) is 0 Å². The first-order valence-corrected chi connectivity index (χ1v) is 6.03. The highest BCUT2D eigenvalue weighted by molar-refractivity contribution is 7.80. The Bertz CT molecular complexity index is 176. The molecule has 0 aliphatic heterocycles. The van der Waals surface area contributed by atoms with E-state index in [-0.39, 0.29) is 0 Å². The van der Waals surface area contributed by atoms with Crippen LogP contribution in [0.2, 0.25) is 0 Å². The average molecular weight is 232 g/mol. The minimum absolute atomic E-state index is 0.491. The van der Waals surface area contributed by atoms with E-state index in [0.29, 0.717) is 11.0 Å². The Kier molecular flexibility index (Phi) is 8.95. The summed E-state index contributed by atoms with van der Waals surface area (Å²) in [6.07, 6.45) is 3.11. The first kappa shape index (κ1) is 14.8. The fraction of sp³-hybridized carbons (Fsp3) is 0.909. The summed E-state index contributed by atoms with van der Waals surface area (Å²) < 4.78 is 5.15. The summed E-state index contributed by atoms with van der Waals surface area (Å²) in [6.45, 7) is 7.34. The molecule has 0 bridgehead atoms. The van der Waals surface area contributed by atoms with E-state index in [1.165, 1.54) is 0 Å². The van der Waals surface area contributed by atoms with Gasteiger partial charge in [-0.15, -0.1) is 0 Å². The lowest BCUT2D eigenvalue weighted by atomic mass is 10.2. The second-order valence-corrected chi connectivity index (χ2v) is 4.38. The molecule has 0 saturated carbocycles. The summed E-state index contributed by atoms with van der Waals surface area (Å²) in [5.41, 5.74) is 5.45. The van der Waals surface area contributed by atoms with Gasteiger partial charge in [0.25, 0.3) is 0 Å². The van der Waals surface area contributed by atoms with E-state index in [2.05, 4.69) is 18.7 Å². The molecule has 3 nitrogen and oxygen atoms in total. The van der Waals surface area contributed by atoms with Crippen molar-refractivity contribution < 1.29 is 4.74 Å². The molecule has 1 atom stereocenters. The molecule has 0 aliphatic carbocycles. The molecule has 0 aromatic rings. The van der Waals surface area contributed by atoms with Crippen molar-refractivity contribution in [3.8, 4) is 0 Å². The molecular formula is C11H24N2OS. The maximum absolute atomic E-state index is 5.45. The Morgan fingerprint density at radius 2 is 2.13 bits per heavy atom. The number of thiocarbonyl (C=S) groups is 1. The van der Waals surface area contributed by atoms with Crippen LogP contribution in [-0.2, 0) is 4.74 Å². The van der Waals surface area contributed by atoms with Crippen LogP contribution in [0.25, 0.3) is 0 Å². The van der Waals surface area contributed by atoms with Crippen LogP contribution in [-0.4, -0.2) is 42.7 Å². The summed E-state index contributed by atoms with van der Waals surface area (Å²) in [5.74, 6) is 0. The molecule has 0 aromatic carbocycles. The molecule has 0 heterocycles. The fourth-order valence-corrected chi connectivity index (χ4v) is 1.80. The lowest BCUT2D eigenvalue weighted by molar-refractivity contribution is 0.102. The van der Waals surface area contributed by atoms with Crippen molar-refractivity contribution in [1.82, 2.24) is 4.90 Å². The van der Waals surface area contributed by atoms with Crippen LogP contribution < -0.4 is 5.73 Å². The average Bonchev–Trinajstić information content (AvgIpc) is 2.17. The van der Waals surface area contributed by atoms with Gasteiger partial charge in [0.1, 0.15) is 0 Å². The van der Waals surface area contributed by atoms with Gasteiger partial charge in [-0.25, -0.2) is 0 Å². The topological polar surface area (TPSA) is 38.5 Å². The van der Waals surface area contributed by atoms with Gasteiger partial charge in [0.2, 0.25) is 0 Å². The lowest BCUT2D eigenvalue weighted by Crippen LogP contribution is -2.36. The standard InChI is InChI=1S/C11H24N2OS/c1-4-13(10(2)9-14-3)8-6-5-7-11(12)15/h10H,4-9H2,1-3H3,(H2,12,15). The molecule has 0 fully saturated rings. The first-order chi connectivity index (χ1) is 7.11. The third-order valence-electron chi connectivity index (χ3n) is 2.56. The third kappa shape index (κ3) is 7.71. The first-order valence-electron chi connectivity index (χ1n) is 5.63. The van der Waals surface area contributed by atoms with Gasteiger partial charge in [0.15, 0.2) is 0 Å². The summed E-state index contributed by atoms with van der Waals surface area (Å²) in [6, 6.07) is 0.491. The number of likely N-dealkylation sites (N-methyl/N-ethyl adjacent to an activating group) is 1. The molecule has 0 aromatic heterocycles. The largest absolute Gasteiger partial charge is 0.393 e. The molecule has 90 valence electrons. The normalized spacial score (nSPS) is 13.1. The number of methoxy groups -OCH3 is 1. The van der Waals surface area contributed by atoms with E-state index in [1.54, 1.807) is 7.11 Å². The van der Waals surface area contributed by atoms with Gasteiger partial charge in [0.05, 0.1) is 11.6 Å². The number of nitrogens with zero attached hydrogens (tertiary/aromatic N) is 1. The highest BCUT2D eigenvalue weighted by Gasteiger charge is 2.10. The van der Waals surface area contributed by atoms with Crippen LogP contribution in [0.3, 0.4) is 0 Å². The second kappa shape index (κ2) is 9.07. The Labute approximate surface area is 99.0 Å². The van der Waals surface area contributed by atoms with Crippen LogP contribution in [0.1, 0.15) is 33.1 Å². The van der Waals surface area contributed by atoms with Crippen LogP contribution >= 0.6 is 12.2 Å². The van der Waals surface area contributed by atoms with Crippen molar-refractivity contribution in [3.05, 3.63) is 0 Å². The van der Waals surface area contributed by atoms with Crippen molar-refractivity contribution in [1.29, 1.82) is 0 Å². The van der Waals surface area contributed by atoms with Gasteiger partial charge in [-0.1, -0.05) is 19.1 Å². The molecule has 0 rings (SSSR count). The maximum atomic E-state index is 5.45. The van der Waals surface area contributed by atoms with Gasteiger partial charge < -0.3 is 10.5 Å². The Morgan fingerprint density at radius 3 is 2.60 bits per heavy atom. The Hall–Kier alpha value is -0.190. The second-order valence-electron chi connectivity index (χ2n) is 3.86. The molecular weight excluding hydrogens is 208 g/mol. The van der Waals surface area contributed by atoms with E-state index in [4.69, 9.17) is 22.7 Å². The van der Waals surface area contributed by atoms with Crippen LogP contribution in [0.5, 0.6) is 0 Å². The van der Waals surface area contributed by atoms with Gasteiger partial charge in [-0.2, -0.15) is 0 Å². The predicted octanol–water partition coefficient (Wildman–Crippen LogP) is 1.80. The van der Waals surface area contributed by atoms with Crippen LogP contribution in [0.4, 0.5) is 0 Å². The zero-order valence-corrected chi connectivity index (χ0v) is 11.0. The number of hydrogen-bond acceptors (Lipinski definition) is 3. The van der Waals surface area contributed by atoms with Crippen molar-refractivity contribution in [2.45, 2.75) is 39.2 Å². The van der Waals surface area contributed by atoms with Gasteiger partial charge >= 0.3 is 0 Å². The van der Waals surface area contributed by atoms with Gasteiger partial charge in [0, 0.05) is 13.2 Å². The van der Waals surface area contributed by atoms with Crippen molar-refractivity contribution in [3.63, 3.8) is 0 Å². The minimum Gasteiger partial charge on any atom is -0.393 e. The quantitative estimate of drug-likeness (QED) is 0.486. The maximum Gasteiger partial charge on any atom is 0.0727 e. The molecule has 0 aliphatic rings. The van der Waals surface area contributed by atoms with E-state index in [0.717, 1.165) is 39.0 Å². The third-order valence-corrected chi connectivity index (χ3v) is 2.76. The van der Waals surface area contributed by atoms with Crippen molar-refractivity contribution in [2.24, 2.45) is 5.73 Å². The van der Waals surface area contributed by atoms with E-state index >= 15 is 0 Å². The Morgan fingerprint density at radius 1 is 1.47 bits per heavy atom. The zero-order chi connectivity index (χ0) is 11.7. The molecule has 0 amide bonds. The summed E-state index contributed by atoms with van der Waals surface area (Å²) in [7, 11) is 1.75. The molecule has 0 radical (unpaired) electrons. The predicted molar refractivity (Wildman–Crippen MR) is 69.2 cm³/mol. The number of hydrogen-bond donors (Lipinski definition) is 1. The zero-order valence-electron chi connectivity index (χ0n) is 10.2. The SMILES string of the molecule is CCN(CCCCC(N)=S)C(C)COC. The monoisotopic (exact) mass is 232 g/mol. The Balaban J connectivity index is 3.65. The molecule has 2 N–H and O–H groups in total. The van der Waals surface area contributed by atoms with E-state index < -0.39 is 0 Å². The van der Waals surface area contributed by atoms with Crippen molar-refractivity contribution in [2.75, 3.05) is 26.8 Å². The summed E-state index contributed by atoms with van der Waals surface area (Å²) >= 11 is 4.84. The molecule has 15 heavy (non-hydrogen) atoms. The number of ether oxygens (including phenoxy) is 1. The molecule has 1 unspecified atom stereocenters. The van der Waals surface area contributed by atoms with Gasteiger partial charge in [-0.3, -0.25) is 4.90 Å². The van der Waals surface area contributed by atoms with Crippen LogP contribution in [0, 0.1) is 0 Å². The van der Waals surface area contributed by atoms with E-state index in [9.17, 15) is 0 Å². The summed E-state index contributed by atoms with van der Waals surface area (Å²) in [5, 5.41) is 0. The lowest BCUT2D eigenvalue weighted by Gasteiger charge is -2.27. The fourth-order valence-electron chi connectivity index (χ4n) is 1.65. The smallest absolute Gasteiger partial charge is 0.0727 e. The highest BCUT2D eigenvalue weighted by Crippen LogP contribution is 2.04. The van der Waals surface area contributed by atoms with Crippen LogP contribution in [0.15, 0.2) is 0 Å². The number of nitrogens with two attached hydrogens (primary N) is 1. The van der Waals surface area contributed by atoms with Gasteiger partial charge in [-0.05, 0) is 39.3 Å². The number of unbranched alkanes of at least 4 members (excludes halogenated alkanes) is 1. The number of rotatable bonds is 9. The molecule has 0 spiro atoms. The molecule has 0 saturated heterocycles. The van der Waals surface area contributed by atoms with Crippen molar-refractivity contribution >= 4 is 17.2 Å². The highest BCUT2D eigenvalue weighted by atomic mass is 32.1. The summed E-state index contributed by atoms with van der Waals surface area (Å²) in [4.78, 5) is 3.05.